The van der Waals surface area contributed by atoms with Gasteiger partial charge in [-0.2, -0.15) is 0 Å². The first-order valence-corrected chi connectivity index (χ1v) is 9.46. The second-order valence-electron chi connectivity index (χ2n) is 5.38. The van der Waals surface area contributed by atoms with Gasteiger partial charge in [-0.3, -0.25) is 10.4 Å². The molecule has 0 fully saturated rings. The summed E-state index contributed by atoms with van der Waals surface area (Å²) in [5.74, 6) is -0.267. The minimum absolute atomic E-state index is 0.213. The molecule has 126 valence electrons. The van der Waals surface area contributed by atoms with Crippen LogP contribution in [0.2, 0.25) is 5.02 Å². The molecule has 2 N–H and O–H groups in total. The van der Waals surface area contributed by atoms with Crippen molar-refractivity contribution in [2.45, 2.75) is 4.90 Å². The summed E-state index contributed by atoms with van der Waals surface area (Å²) in [5, 5.41) is 11.4. The Balaban J connectivity index is 1.72. The van der Waals surface area contributed by atoms with E-state index in [-0.39, 0.29) is 17.3 Å². The zero-order valence-corrected chi connectivity index (χ0v) is 14.4. The third kappa shape index (κ3) is 3.56. The van der Waals surface area contributed by atoms with Crippen molar-refractivity contribution in [1.82, 2.24) is 5.43 Å². The molecular weight excluding hydrogens is 348 g/mol. The van der Waals surface area contributed by atoms with Crippen molar-refractivity contribution in [3.05, 3.63) is 65.2 Å². The number of rotatable bonds is 5. The van der Waals surface area contributed by atoms with Gasteiger partial charge in [-0.25, -0.2) is 8.42 Å². The van der Waals surface area contributed by atoms with Gasteiger partial charge in [-0.15, -0.1) is 0 Å². The number of anilines is 1. The molecule has 7 heteroatoms. The van der Waals surface area contributed by atoms with Gasteiger partial charge in [0.15, 0.2) is 9.84 Å². The number of nitrogens with one attached hydrogen (secondary N) is 1. The fourth-order valence-corrected chi connectivity index (χ4v) is 3.63. The van der Waals surface area contributed by atoms with Crippen molar-refractivity contribution in [2.24, 2.45) is 0 Å². The molecule has 0 spiro atoms. The molecule has 1 aliphatic heterocycles. The number of nitrogens with zero attached hydrogens (tertiary/aromatic N) is 1. The zero-order chi connectivity index (χ0) is 17.2. The first-order chi connectivity index (χ1) is 11.5. The van der Waals surface area contributed by atoms with E-state index in [1.807, 2.05) is 29.3 Å². The number of hydrazine groups is 1. The second-order valence-corrected chi connectivity index (χ2v) is 7.93. The molecule has 0 radical (unpaired) electrons. The third-order valence-electron chi connectivity index (χ3n) is 3.76. The minimum atomic E-state index is -3.42. The quantitative estimate of drug-likeness (QED) is 0.853. The molecule has 0 aliphatic carbocycles. The number of hydrogen-bond acceptors (Lipinski definition) is 5. The smallest absolute Gasteiger partial charge is 0.180 e. The van der Waals surface area contributed by atoms with Crippen molar-refractivity contribution >= 4 is 32.8 Å². The lowest BCUT2D eigenvalue weighted by Crippen LogP contribution is -2.31. The Morgan fingerprint density at radius 1 is 1.08 bits per heavy atom. The molecule has 24 heavy (non-hydrogen) atoms. The standard InChI is InChI=1S/C17H17ClN2O3S/c18-14-3-1-13(2-4-14)17-9-10-20(19-17)15-5-7-16(8-6-15)24(22,23)12-11-21/h1-9,19,21H,10-12H2. The summed E-state index contributed by atoms with van der Waals surface area (Å²) in [4.78, 5) is 0.213. The highest BCUT2D eigenvalue weighted by molar-refractivity contribution is 7.91. The molecule has 0 unspecified atom stereocenters. The highest BCUT2D eigenvalue weighted by Gasteiger charge is 2.17. The van der Waals surface area contributed by atoms with E-state index < -0.39 is 9.84 Å². The van der Waals surface area contributed by atoms with Crippen LogP contribution in [0.5, 0.6) is 0 Å². The lowest BCUT2D eigenvalue weighted by molar-refractivity contribution is 0.319. The Kier molecular flexibility index (Phi) is 4.80. The van der Waals surface area contributed by atoms with Gasteiger partial charge in [0.1, 0.15) is 0 Å². The van der Waals surface area contributed by atoms with E-state index in [0.29, 0.717) is 11.6 Å². The fourth-order valence-electron chi connectivity index (χ4n) is 2.47. The van der Waals surface area contributed by atoms with Gasteiger partial charge >= 0.3 is 0 Å². The highest BCUT2D eigenvalue weighted by atomic mass is 35.5. The number of hydrogen-bond donors (Lipinski definition) is 2. The normalized spacial score (nSPS) is 14.4. The molecular formula is C17H17ClN2O3S. The zero-order valence-electron chi connectivity index (χ0n) is 12.8. The average Bonchev–Trinajstić information content (AvgIpc) is 3.05. The van der Waals surface area contributed by atoms with Gasteiger partial charge in [0.25, 0.3) is 0 Å². The van der Waals surface area contributed by atoms with Crippen molar-refractivity contribution in [3.63, 3.8) is 0 Å². The SMILES string of the molecule is O=S(=O)(CCO)c1ccc(N2CC=C(c3ccc(Cl)cc3)N2)cc1. The molecule has 2 aromatic rings. The molecule has 1 aliphatic rings. The van der Waals surface area contributed by atoms with Gasteiger partial charge in [0.05, 0.1) is 35.2 Å². The summed E-state index contributed by atoms with van der Waals surface area (Å²) in [6.45, 7) is 0.285. The van der Waals surface area contributed by atoms with Crippen LogP contribution in [0.15, 0.2) is 59.5 Å². The van der Waals surface area contributed by atoms with Crippen LogP contribution in [0.3, 0.4) is 0 Å². The van der Waals surface area contributed by atoms with Gasteiger partial charge in [0, 0.05) is 5.02 Å². The molecule has 2 aromatic carbocycles. The van der Waals surface area contributed by atoms with Crippen molar-refractivity contribution in [3.8, 4) is 0 Å². The Hall–Kier alpha value is -2.02. The lowest BCUT2D eigenvalue weighted by atomic mass is 10.1. The fraction of sp³-hybridized carbons (Fsp3) is 0.176. The van der Waals surface area contributed by atoms with Crippen LogP contribution in [0.25, 0.3) is 5.70 Å². The number of benzene rings is 2. The van der Waals surface area contributed by atoms with Crippen LogP contribution < -0.4 is 10.4 Å². The van der Waals surface area contributed by atoms with E-state index in [1.165, 1.54) is 0 Å². The number of aliphatic hydroxyl groups is 1. The molecule has 0 amide bonds. The first kappa shape index (κ1) is 16.8. The summed E-state index contributed by atoms with van der Waals surface area (Å²) < 4.78 is 23.8. The molecule has 0 saturated heterocycles. The Labute approximate surface area is 146 Å². The Morgan fingerprint density at radius 3 is 2.38 bits per heavy atom. The average molecular weight is 365 g/mol. The Morgan fingerprint density at radius 2 is 1.75 bits per heavy atom. The molecule has 3 rings (SSSR count). The summed E-state index contributed by atoms with van der Waals surface area (Å²) in [7, 11) is -3.42. The Bertz CT molecular complexity index is 846. The molecule has 5 nitrogen and oxygen atoms in total. The van der Waals surface area contributed by atoms with Crippen LogP contribution in [0.4, 0.5) is 5.69 Å². The summed E-state index contributed by atoms with van der Waals surface area (Å²) in [6, 6.07) is 14.2. The topological polar surface area (TPSA) is 69.6 Å². The van der Waals surface area contributed by atoms with Crippen LogP contribution >= 0.6 is 11.6 Å². The lowest BCUT2D eigenvalue weighted by Gasteiger charge is -2.21. The maximum Gasteiger partial charge on any atom is 0.180 e. The van der Waals surface area contributed by atoms with E-state index in [9.17, 15) is 8.42 Å². The van der Waals surface area contributed by atoms with Crippen LogP contribution in [-0.2, 0) is 9.84 Å². The highest BCUT2D eigenvalue weighted by Crippen LogP contribution is 2.24. The van der Waals surface area contributed by atoms with E-state index in [4.69, 9.17) is 16.7 Å². The maximum atomic E-state index is 11.9. The molecule has 0 saturated carbocycles. The van der Waals surface area contributed by atoms with Crippen LogP contribution in [-0.4, -0.2) is 32.4 Å². The summed E-state index contributed by atoms with van der Waals surface area (Å²) in [6.07, 6.45) is 2.06. The molecule has 0 aromatic heterocycles. The van der Waals surface area contributed by atoms with Gasteiger partial charge in [-0.1, -0.05) is 23.7 Å². The number of aliphatic hydroxyl groups excluding tert-OH is 1. The van der Waals surface area contributed by atoms with Crippen molar-refractivity contribution in [2.75, 3.05) is 23.9 Å². The first-order valence-electron chi connectivity index (χ1n) is 7.43. The number of sulfone groups is 1. The predicted octanol–water partition coefficient (Wildman–Crippen LogP) is 2.47. The van der Waals surface area contributed by atoms with E-state index >= 15 is 0 Å². The van der Waals surface area contributed by atoms with E-state index in [1.54, 1.807) is 24.3 Å². The van der Waals surface area contributed by atoms with Crippen LogP contribution in [0, 0.1) is 0 Å². The second kappa shape index (κ2) is 6.84. The van der Waals surface area contributed by atoms with E-state index in [0.717, 1.165) is 16.9 Å². The van der Waals surface area contributed by atoms with Gasteiger partial charge < -0.3 is 5.11 Å². The van der Waals surface area contributed by atoms with Gasteiger partial charge in [-0.05, 0) is 48.0 Å². The molecule has 0 bridgehead atoms. The van der Waals surface area contributed by atoms with Crippen LogP contribution in [0.1, 0.15) is 5.56 Å². The van der Waals surface area contributed by atoms with Gasteiger partial charge in [0.2, 0.25) is 0 Å². The monoisotopic (exact) mass is 364 g/mol. The van der Waals surface area contributed by atoms with Crippen molar-refractivity contribution in [1.29, 1.82) is 0 Å². The summed E-state index contributed by atoms with van der Waals surface area (Å²) >= 11 is 5.90. The van der Waals surface area contributed by atoms with E-state index in [2.05, 4.69) is 11.5 Å². The maximum absolute atomic E-state index is 11.9. The third-order valence-corrected chi connectivity index (χ3v) is 5.72. The molecule has 0 atom stereocenters. The minimum Gasteiger partial charge on any atom is -0.395 e. The number of halogens is 1. The summed E-state index contributed by atoms with van der Waals surface area (Å²) in [5.41, 5.74) is 6.15. The largest absolute Gasteiger partial charge is 0.395 e. The van der Waals surface area contributed by atoms with Crippen molar-refractivity contribution < 1.29 is 13.5 Å². The predicted molar refractivity (Wildman–Crippen MR) is 95.5 cm³/mol. The molecule has 1 heterocycles.